The Bertz CT molecular complexity index is 535. The van der Waals surface area contributed by atoms with Crippen LogP contribution >= 0.6 is 0 Å². The summed E-state index contributed by atoms with van der Waals surface area (Å²) in [6.07, 6.45) is 1.35. The quantitative estimate of drug-likeness (QED) is 0.848. The van der Waals surface area contributed by atoms with Gasteiger partial charge in [0.25, 0.3) is 5.91 Å². The van der Waals surface area contributed by atoms with Gasteiger partial charge in [0.05, 0.1) is 6.61 Å². The molecule has 1 fully saturated rings. The van der Waals surface area contributed by atoms with Crippen LogP contribution < -0.4 is 0 Å². The smallest absolute Gasteiger partial charge is 0.259 e. The fourth-order valence-corrected chi connectivity index (χ4v) is 2.50. The Morgan fingerprint density at radius 2 is 2.00 bits per heavy atom. The number of benzene rings is 1. The van der Waals surface area contributed by atoms with E-state index in [1.54, 1.807) is 6.92 Å². The van der Waals surface area contributed by atoms with Crippen LogP contribution in [0.1, 0.15) is 30.1 Å². The number of piperidine rings is 1. The molecule has 1 aliphatic rings. The third kappa shape index (κ3) is 2.65. The molecule has 1 N–H and O–H groups in total. The monoisotopic (exact) mass is 287 g/mol. The van der Waals surface area contributed by atoms with Crippen molar-refractivity contribution in [2.45, 2.75) is 19.8 Å². The summed E-state index contributed by atoms with van der Waals surface area (Å²) < 4.78 is 40.4. The SMILES string of the molecule is CC1(CO)CCCN(C(=O)c2c(F)ccc(F)c2F)C1. The van der Waals surface area contributed by atoms with Crippen LogP contribution in [0.4, 0.5) is 13.2 Å². The molecule has 0 radical (unpaired) electrons. The van der Waals surface area contributed by atoms with Crippen LogP contribution in [0.2, 0.25) is 0 Å². The van der Waals surface area contributed by atoms with Gasteiger partial charge in [0.2, 0.25) is 0 Å². The minimum atomic E-state index is -1.47. The number of carbonyl (C=O) groups excluding carboxylic acids is 1. The van der Waals surface area contributed by atoms with E-state index in [-0.39, 0.29) is 13.2 Å². The van der Waals surface area contributed by atoms with Gasteiger partial charge in [-0.25, -0.2) is 13.2 Å². The lowest BCUT2D eigenvalue weighted by Crippen LogP contribution is -2.46. The zero-order valence-electron chi connectivity index (χ0n) is 11.1. The Morgan fingerprint density at radius 3 is 2.65 bits per heavy atom. The standard InChI is InChI=1S/C14H16F3NO2/c1-14(8-19)5-2-6-18(7-14)13(20)11-9(15)3-4-10(16)12(11)17/h3-4,19H,2,5-8H2,1H3. The molecule has 2 rings (SSSR count). The van der Waals surface area contributed by atoms with Gasteiger partial charge < -0.3 is 10.0 Å². The highest BCUT2D eigenvalue weighted by Gasteiger charge is 2.35. The molecule has 0 aliphatic carbocycles. The number of halogens is 3. The van der Waals surface area contributed by atoms with Crippen molar-refractivity contribution < 1.29 is 23.1 Å². The Morgan fingerprint density at radius 1 is 1.35 bits per heavy atom. The van der Waals surface area contributed by atoms with Crippen molar-refractivity contribution in [2.75, 3.05) is 19.7 Å². The number of aliphatic hydroxyl groups is 1. The summed E-state index contributed by atoms with van der Waals surface area (Å²) in [5.74, 6) is -4.67. The molecule has 110 valence electrons. The van der Waals surface area contributed by atoms with Crippen molar-refractivity contribution in [3.05, 3.63) is 35.1 Å². The van der Waals surface area contributed by atoms with E-state index in [9.17, 15) is 23.1 Å². The molecule has 1 aromatic rings. The fourth-order valence-electron chi connectivity index (χ4n) is 2.50. The highest BCUT2D eigenvalue weighted by atomic mass is 19.2. The van der Waals surface area contributed by atoms with Crippen molar-refractivity contribution in [1.82, 2.24) is 4.90 Å². The van der Waals surface area contributed by atoms with Crippen molar-refractivity contribution in [3.63, 3.8) is 0 Å². The maximum atomic E-state index is 13.6. The highest BCUT2D eigenvalue weighted by Crippen LogP contribution is 2.30. The molecule has 3 nitrogen and oxygen atoms in total. The van der Waals surface area contributed by atoms with E-state index in [1.165, 1.54) is 4.90 Å². The largest absolute Gasteiger partial charge is 0.396 e. The van der Waals surface area contributed by atoms with Gasteiger partial charge in [-0.3, -0.25) is 4.79 Å². The van der Waals surface area contributed by atoms with Crippen LogP contribution in [0.3, 0.4) is 0 Å². The molecule has 1 amide bonds. The molecule has 20 heavy (non-hydrogen) atoms. The molecule has 1 atom stereocenters. The van der Waals surface area contributed by atoms with Gasteiger partial charge in [-0.1, -0.05) is 6.92 Å². The molecule has 0 aromatic heterocycles. The molecule has 1 aliphatic heterocycles. The third-order valence-electron chi connectivity index (χ3n) is 3.71. The molecular weight excluding hydrogens is 271 g/mol. The lowest BCUT2D eigenvalue weighted by molar-refractivity contribution is 0.0350. The van der Waals surface area contributed by atoms with Crippen LogP contribution in [0.25, 0.3) is 0 Å². The summed E-state index contributed by atoms with van der Waals surface area (Å²) in [6.45, 7) is 2.21. The fraction of sp³-hybridized carbons (Fsp3) is 0.500. The van der Waals surface area contributed by atoms with E-state index in [1.807, 2.05) is 0 Å². The van der Waals surface area contributed by atoms with Crippen molar-refractivity contribution >= 4 is 5.91 Å². The summed E-state index contributed by atoms with van der Waals surface area (Å²) in [6, 6.07) is 1.39. The van der Waals surface area contributed by atoms with Gasteiger partial charge in [0.1, 0.15) is 11.4 Å². The van der Waals surface area contributed by atoms with Crippen molar-refractivity contribution in [3.8, 4) is 0 Å². The molecule has 6 heteroatoms. The second-order valence-corrected chi connectivity index (χ2v) is 5.52. The lowest BCUT2D eigenvalue weighted by atomic mass is 9.82. The second kappa shape index (κ2) is 5.44. The first-order valence-electron chi connectivity index (χ1n) is 6.41. The Kier molecular flexibility index (Phi) is 4.04. The van der Waals surface area contributed by atoms with Gasteiger partial charge in [0.15, 0.2) is 11.6 Å². The number of amides is 1. The van der Waals surface area contributed by atoms with Crippen LogP contribution in [-0.2, 0) is 0 Å². The molecule has 1 aromatic carbocycles. The van der Waals surface area contributed by atoms with Gasteiger partial charge in [-0.05, 0) is 25.0 Å². The number of carbonyl (C=O) groups is 1. The third-order valence-corrected chi connectivity index (χ3v) is 3.71. The van der Waals surface area contributed by atoms with Crippen molar-refractivity contribution in [1.29, 1.82) is 0 Å². The zero-order valence-corrected chi connectivity index (χ0v) is 11.1. The normalized spacial score (nSPS) is 22.9. The van der Waals surface area contributed by atoms with Crippen molar-refractivity contribution in [2.24, 2.45) is 5.41 Å². The van der Waals surface area contributed by atoms with E-state index in [0.29, 0.717) is 19.0 Å². The molecule has 0 bridgehead atoms. The molecule has 0 saturated carbocycles. The van der Waals surface area contributed by atoms with E-state index in [2.05, 4.69) is 0 Å². The maximum Gasteiger partial charge on any atom is 0.259 e. The van der Waals surface area contributed by atoms with E-state index >= 15 is 0 Å². The first-order chi connectivity index (χ1) is 9.38. The number of hydrogen-bond donors (Lipinski definition) is 1. The molecule has 1 heterocycles. The topological polar surface area (TPSA) is 40.5 Å². The van der Waals surface area contributed by atoms with Crippen LogP contribution in [0.5, 0.6) is 0 Å². The average molecular weight is 287 g/mol. The summed E-state index contributed by atoms with van der Waals surface area (Å²) in [7, 11) is 0. The predicted octanol–water partition coefficient (Wildman–Crippen LogP) is 2.34. The van der Waals surface area contributed by atoms with Crippen LogP contribution in [-0.4, -0.2) is 35.6 Å². The minimum absolute atomic E-state index is 0.120. The van der Waals surface area contributed by atoms with Crippen LogP contribution in [0, 0.1) is 22.9 Å². The van der Waals surface area contributed by atoms with Gasteiger partial charge in [-0.15, -0.1) is 0 Å². The van der Waals surface area contributed by atoms with E-state index in [0.717, 1.165) is 12.5 Å². The predicted molar refractivity (Wildman–Crippen MR) is 66.6 cm³/mol. The van der Waals surface area contributed by atoms with Crippen LogP contribution in [0.15, 0.2) is 12.1 Å². The highest BCUT2D eigenvalue weighted by molar-refractivity contribution is 5.94. The molecule has 1 saturated heterocycles. The summed E-state index contributed by atoms with van der Waals surface area (Å²) in [5.41, 5.74) is -1.36. The Labute approximate surface area is 115 Å². The number of rotatable bonds is 2. The number of aliphatic hydroxyl groups excluding tert-OH is 1. The molecule has 0 spiro atoms. The summed E-state index contributed by atoms with van der Waals surface area (Å²) >= 11 is 0. The Hall–Kier alpha value is -1.56. The van der Waals surface area contributed by atoms with E-state index < -0.39 is 34.3 Å². The summed E-state index contributed by atoms with van der Waals surface area (Å²) in [4.78, 5) is 13.5. The second-order valence-electron chi connectivity index (χ2n) is 5.52. The first-order valence-corrected chi connectivity index (χ1v) is 6.41. The first kappa shape index (κ1) is 14.8. The Balaban J connectivity index is 2.30. The van der Waals surface area contributed by atoms with Gasteiger partial charge in [0, 0.05) is 18.5 Å². The van der Waals surface area contributed by atoms with Gasteiger partial charge in [-0.2, -0.15) is 0 Å². The number of hydrogen-bond acceptors (Lipinski definition) is 2. The maximum absolute atomic E-state index is 13.6. The lowest BCUT2D eigenvalue weighted by Gasteiger charge is -2.39. The average Bonchev–Trinajstić information content (AvgIpc) is 2.43. The summed E-state index contributed by atoms with van der Waals surface area (Å²) in [5, 5.41) is 9.33. The molecule has 1 unspecified atom stereocenters. The van der Waals surface area contributed by atoms with E-state index in [4.69, 9.17) is 0 Å². The molecular formula is C14H16F3NO2. The van der Waals surface area contributed by atoms with Gasteiger partial charge >= 0.3 is 0 Å². The minimum Gasteiger partial charge on any atom is -0.396 e. The zero-order chi connectivity index (χ0) is 14.9. The number of nitrogens with zero attached hydrogens (tertiary/aromatic N) is 1. The number of likely N-dealkylation sites (tertiary alicyclic amines) is 1.